The predicted molar refractivity (Wildman–Crippen MR) is 46.5 cm³/mol. The number of hydrogen-bond donors (Lipinski definition) is 0. The third kappa shape index (κ3) is 2.17. The van der Waals surface area contributed by atoms with Crippen molar-refractivity contribution in [1.29, 1.82) is 0 Å². The minimum atomic E-state index is 0.327. The van der Waals surface area contributed by atoms with Gasteiger partial charge < -0.3 is 4.74 Å². The second kappa shape index (κ2) is 3.14. The minimum absolute atomic E-state index is 0.327. The van der Waals surface area contributed by atoms with Crippen LogP contribution in [0, 0.1) is 5.41 Å². The number of rotatable bonds is 0. The van der Waals surface area contributed by atoms with Crippen LogP contribution in [0.1, 0.15) is 20.8 Å². The smallest absolute Gasteiger partial charge is 0.0714 e. The Labute approximate surface area is 67.5 Å². The van der Waals surface area contributed by atoms with Gasteiger partial charge in [0.25, 0.3) is 0 Å². The van der Waals surface area contributed by atoms with Crippen LogP contribution in [0.3, 0.4) is 0 Å². The van der Waals surface area contributed by atoms with Gasteiger partial charge in [-0.25, -0.2) is 0 Å². The summed E-state index contributed by atoms with van der Waals surface area (Å²) in [6.45, 7) is 7.66. The van der Waals surface area contributed by atoms with E-state index in [1.54, 1.807) is 0 Å². The summed E-state index contributed by atoms with van der Waals surface area (Å²) in [5, 5.41) is 0. The molecule has 60 valence electrons. The molecule has 0 spiro atoms. The van der Waals surface area contributed by atoms with Crippen LogP contribution in [0.5, 0.6) is 0 Å². The highest BCUT2D eigenvalue weighted by Gasteiger charge is 2.27. The Bertz CT molecular complexity index is 100. The van der Waals surface area contributed by atoms with Crippen LogP contribution < -0.4 is 0 Å². The molecule has 10 heavy (non-hydrogen) atoms. The molecule has 1 aliphatic heterocycles. The Morgan fingerprint density at radius 2 is 2.10 bits per heavy atom. The van der Waals surface area contributed by atoms with Crippen LogP contribution in [0.4, 0.5) is 0 Å². The lowest BCUT2D eigenvalue weighted by molar-refractivity contribution is 0.00210. The van der Waals surface area contributed by atoms with Crippen LogP contribution in [-0.2, 0) is 4.74 Å². The zero-order chi connectivity index (χ0) is 7.61. The maximum Gasteiger partial charge on any atom is 0.0714 e. The van der Waals surface area contributed by atoms with Crippen molar-refractivity contribution in [3.8, 4) is 0 Å². The molecule has 1 rings (SSSR count). The molecule has 0 saturated carbocycles. The molecule has 2 heteroatoms. The number of ether oxygens (including phenoxy) is 1. The summed E-state index contributed by atoms with van der Waals surface area (Å²) in [5.74, 6) is 2.34. The third-order valence-electron chi connectivity index (χ3n) is 1.78. The van der Waals surface area contributed by atoms with Crippen molar-refractivity contribution in [3.05, 3.63) is 0 Å². The summed E-state index contributed by atoms with van der Waals surface area (Å²) in [6, 6.07) is 0. The average Bonchev–Trinajstić information content (AvgIpc) is 1.88. The molecule has 1 fully saturated rings. The van der Waals surface area contributed by atoms with Crippen molar-refractivity contribution in [3.63, 3.8) is 0 Å². The van der Waals surface area contributed by atoms with Crippen molar-refractivity contribution >= 4 is 11.8 Å². The second-order valence-electron chi connectivity index (χ2n) is 3.80. The molecule has 1 nitrogen and oxygen atoms in total. The minimum Gasteiger partial charge on any atom is -0.376 e. The normalized spacial score (nSPS) is 28.5. The van der Waals surface area contributed by atoms with Crippen molar-refractivity contribution in [2.45, 2.75) is 26.9 Å². The first kappa shape index (κ1) is 8.41. The summed E-state index contributed by atoms with van der Waals surface area (Å²) >= 11 is 2.00. The summed E-state index contributed by atoms with van der Waals surface area (Å²) in [5.41, 5.74) is 0.327. The third-order valence-corrected chi connectivity index (χ3v) is 2.78. The summed E-state index contributed by atoms with van der Waals surface area (Å²) in [7, 11) is 0. The second-order valence-corrected chi connectivity index (χ2v) is 4.95. The van der Waals surface area contributed by atoms with E-state index < -0.39 is 0 Å². The van der Waals surface area contributed by atoms with Crippen molar-refractivity contribution in [2.24, 2.45) is 5.41 Å². The predicted octanol–water partition coefficient (Wildman–Crippen LogP) is 2.16. The Kier molecular flexibility index (Phi) is 2.64. The van der Waals surface area contributed by atoms with Gasteiger partial charge in [0.2, 0.25) is 0 Å². The molecule has 1 aliphatic rings. The van der Waals surface area contributed by atoms with Gasteiger partial charge in [-0.05, 0) is 5.41 Å². The van der Waals surface area contributed by atoms with Crippen molar-refractivity contribution in [1.82, 2.24) is 0 Å². The lowest BCUT2D eigenvalue weighted by Gasteiger charge is -2.33. The maximum atomic E-state index is 5.62. The van der Waals surface area contributed by atoms with E-state index in [9.17, 15) is 0 Å². The fourth-order valence-corrected chi connectivity index (χ4v) is 2.18. The summed E-state index contributed by atoms with van der Waals surface area (Å²) in [4.78, 5) is 0. The molecule has 1 atom stereocenters. The van der Waals surface area contributed by atoms with Crippen LogP contribution in [0.2, 0.25) is 0 Å². The Balaban J connectivity index is 2.39. The lowest BCUT2D eigenvalue weighted by atomic mass is 9.90. The highest BCUT2D eigenvalue weighted by Crippen LogP contribution is 2.28. The molecule has 1 saturated heterocycles. The average molecular weight is 160 g/mol. The standard InChI is InChI=1S/C8H16OS/c1-8(2,3)7-6-10-5-4-9-7/h7H,4-6H2,1-3H3. The molecule has 0 radical (unpaired) electrons. The van der Waals surface area contributed by atoms with Gasteiger partial charge in [-0.2, -0.15) is 11.8 Å². The lowest BCUT2D eigenvalue weighted by Crippen LogP contribution is -2.35. The van der Waals surface area contributed by atoms with Crippen molar-refractivity contribution in [2.75, 3.05) is 18.1 Å². The van der Waals surface area contributed by atoms with Gasteiger partial charge in [-0.1, -0.05) is 20.8 Å². The van der Waals surface area contributed by atoms with Gasteiger partial charge >= 0.3 is 0 Å². The van der Waals surface area contributed by atoms with E-state index in [1.165, 1.54) is 11.5 Å². The quantitative estimate of drug-likeness (QED) is 0.537. The molecular formula is C8H16OS. The molecule has 0 amide bonds. The summed E-state index contributed by atoms with van der Waals surface area (Å²) < 4.78 is 5.62. The molecule has 0 bridgehead atoms. The highest BCUT2D eigenvalue weighted by atomic mass is 32.2. The van der Waals surface area contributed by atoms with Crippen LogP contribution in [-0.4, -0.2) is 24.2 Å². The van der Waals surface area contributed by atoms with Gasteiger partial charge in [-0.3, -0.25) is 0 Å². The van der Waals surface area contributed by atoms with Gasteiger partial charge in [0.05, 0.1) is 12.7 Å². The molecule has 0 aromatic carbocycles. The zero-order valence-electron chi connectivity index (χ0n) is 7.02. The van der Waals surface area contributed by atoms with E-state index in [4.69, 9.17) is 4.74 Å². The Hall–Kier alpha value is 0.310. The maximum absolute atomic E-state index is 5.62. The molecular weight excluding hydrogens is 144 g/mol. The van der Waals surface area contributed by atoms with E-state index in [2.05, 4.69) is 20.8 Å². The van der Waals surface area contributed by atoms with Gasteiger partial charge in [-0.15, -0.1) is 0 Å². The van der Waals surface area contributed by atoms with Crippen LogP contribution in [0.15, 0.2) is 0 Å². The first-order valence-electron chi connectivity index (χ1n) is 3.80. The van der Waals surface area contributed by atoms with E-state index in [0.29, 0.717) is 11.5 Å². The Morgan fingerprint density at radius 1 is 1.40 bits per heavy atom. The number of hydrogen-bond acceptors (Lipinski definition) is 2. The molecule has 1 heterocycles. The molecule has 0 aliphatic carbocycles. The van der Waals surface area contributed by atoms with E-state index in [1.807, 2.05) is 11.8 Å². The molecule has 0 N–H and O–H groups in total. The highest BCUT2D eigenvalue weighted by molar-refractivity contribution is 7.99. The molecule has 1 unspecified atom stereocenters. The zero-order valence-corrected chi connectivity index (χ0v) is 7.83. The molecule has 0 aromatic heterocycles. The monoisotopic (exact) mass is 160 g/mol. The largest absolute Gasteiger partial charge is 0.376 e. The SMILES string of the molecule is CC(C)(C)C1CSCCO1. The van der Waals surface area contributed by atoms with Crippen molar-refractivity contribution < 1.29 is 4.74 Å². The van der Waals surface area contributed by atoms with Gasteiger partial charge in [0, 0.05) is 11.5 Å². The van der Waals surface area contributed by atoms with Crippen LogP contribution in [0.25, 0.3) is 0 Å². The van der Waals surface area contributed by atoms with E-state index in [-0.39, 0.29) is 0 Å². The summed E-state index contributed by atoms with van der Waals surface area (Å²) in [6.07, 6.45) is 0.464. The number of thioether (sulfide) groups is 1. The van der Waals surface area contributed by atoms with E-state index in [0.717, 1.165) is 6.61 Å². The fraction of sp³-hybridized carbons (Fsp3) is 1.00. The van der Waals surface area contributed by atoms with Gasteiger partial charge in [0.15, 0.2) is 0 Å². The van der Waals surface area contributed by atoms with Gasteiger partial charge in [0.1, 0.15) is 0 Å². The fourth-order valence-electron chi connectivity index (χ4n) is 0.988. The molecule has 0 aromatic rings. The first-order chi connectivity index (χ1) is 4.61. The first-order valence-corrected chi connectivity index (χ1v) is 4.95. The Morgan fingerprint density at radius 3 is 2.40 bits per heavy atom. The van der Waals surface area contributed by atoms with Crippen LogP contribution >= 0.6 is 11.8 Å². The topological polar surface area (TPSA) is 9.23 Å². The van der Waals surface area contributed by atoms with E-state index >= 15 is 0 Å².